The van der Waals surface area contributed by atoms with Crippen molar-refractivity contribution in [3.63, 3.8) is 0 Å². The molecule has 0 N–H and O–H groups in total. The van der Waals surface area contributed by atoms with Crippen LogP contribution in [0.2, 0.25) is 0 Å². The first-order valence-corrected chi connectivity index (χ1v) is 8.22. The van der Waals surface area contributed by atoms with Crippen LogP contribution in [0.25, 0.3) is 0 Å². The van der Waals surface area contributed by atoms with Gasteiger partial charge in [0.25, 0.3) is 0 Å². The molecule has 1 aliphatic rings. The normalized spacial score (nSPS) is 18.6. The number of rotatable bonds is 5. The smallest absolute Gasteiger partial charge is 0.303 e. The van der Waals surface area contributed by atoms with Crippen molar-refractivity contribution in [1.82, 2.24) is 4.90 Å². The molecule has 2 rings (SSSR count). The minimum absolute atomic E-state index is 0.647. The third kappa shape index (κ3) is 4.26. The average molecular weight is 324 g/mol. The number of halogens is 3. The summed E-state index contributed by atoms with van der Waals surface area (Å²) in [6, 6.07) is 7.48. The van der Waals surface area contributed by atoms with Crippen molar-refractivity contribution in [3.8, 4) is 6.07 Å². The molecule has 0 spiro atoms. The molecule has 0 unspecified atom stereocenters. The average Bonchev–Trinajstić information content (AvgIpc) is 2.55. The maximum atomic E-state index is 12.7. The standard InChI is InChI=1S/C18H23F3N2/c1-2-3-4-11-23-12-9-17(14-22,10-13-23)15-5-7-16(8-6-15)18(19,20)21/h5-8H,2-4,9-13H2,1H3. The molecule has 0 aromatic heterocycles. The van der Waals surface area contributed by atoms with E-state index in [2.05, 4.69) is 17.9 Å². The van der Waals surface area contributed by atoms with Gasteiger partial charge in [-0.15, -0.1) is 0 Å². The second-order valence-electron chi connectivity index (χ2n) is 6.32. The van der Waals surface area contributed by atoms with Gasteiger partial charge in [0.05, 0.1) is 17.0 Å². The fraction of sp³-hybridized carbons (Fsp3) is 0.611. The van der Waals surface area contributed by atoms with Gasteiger partial charge >= 0.3 is 6.18 Å². The van der Waals surface area contributed by atoms with E-state index in [0.29, 0.717) is 18.4 Å². The molecule has 1 heterocycles. The van der Waals surface area contributed by atoms with Crippen LogP contribution in [0.15, 0.2) is 24.3 Å². The number of hydrogen-bond acceptors (Lipinski definition) is 2. The number of nitriles is 1. The summed E-state index contributed by atoms with van der Waals surface area (Å²) in [7, 11) is 0. The number of hydrogen-bond donors (Lipinski definition) is 0. The van der Waals surface area contributed by atoms with Gasteiger partial charge in [0.2, 0.25) is 0 Å². The minimum atomic E-state index is -4.33. The predicted molar refractivity (Wildman–Crippen MR) is 83.9 cm³/mol. The summed E-state index contributed by atoms with van der Waals surface area (Å²) >= 11 is 0. The van der Waals surface area contributed by atoms with Crippen LogP contribution >= 0.6 is 0 Å². The Labute approximate surface area is 135 Å². The fourth-order valence-corrected chi connectivity index (χ4v) is 3.19. The summed E-state index contributed by atoms with van der Waals surface area (Å²) in [4.78, 5) is 2.36. The number of nitrogens with zero attached hydrogens (tertiary/aromatic N) is 2. The van der Waals surface area contributed by atoms with Crippen molar-refractivity contribution in [2.24, 2.45) is 0 Å². The molecule has 1 fully saturated rings. The largest absolute Gasteiger partial charge is 0.416 e. The van der Waals surface area contributed by atoms with E-state index in [9.17, 15) is 18.4 Å². The molecule has 5 heteroatoms. The minimum Gasteiger partial charge on any atom is -0.303 e. The van der Waals surface area contributed by atoms with Crippen molar-refractivity contribution < 1.29 is 13.2 Å². The SMILES string of the molecule is CCCCCN1CCC(C#N)(c2ccc(C(F)(F)F)cc2)CC1. The lowest BCUT2D eigenvalue weighted by Gasteiger charge is -2.37. The molecule has 1 aromatic rings. The predicted octanol–water partition coefficient (Wildman–Crippen LogP) is 4.75. The Morgan fingerprint density at radius 2 is 1.74 bits per heavy atom. The molecule has 0 aliphatic carbocycles. The topological polar surface area (TPSA) is 27.0 Å². The monoisotopic (exact) mass is 324 g/mol. The van der Waals surface area contributed by atoms with E-state index in [1.807, 2.05) is 0 Å². The van der Waals surface area contributed by atoms with Crippen LogP contribution in [-0.4, -0.2) is 24.5 Å². The van der Waals surface area contributed by atoms with Crippen LogP contribution in [0.3, 0.4) is 0 Å². The van der Waals surface area contributed by atoms with E-state index >= 15 is 0 Å². The second kappa shape index (κ2) is 7.35. The quantitative estimate of drug-likeness (QED) is 0.731. The van der Waals surface area contributed by atoms with Gasteiger partial charge < -0.3 is 4.90 Å². The summed E-state index contributed by atoms with van der Waals surface area (Å²) in [5.74, 6) is 0. The number of piperidine rings is 1. The van der Waals surface area contributed by atoms with Gasteiger partial charge in [-0.25, -0.2) is 0 Å². The van der Waals surface area contributed by atoms with Gasteiger partial charge in [-0.05, 0) is 56.6 Å². The van der Waals surface area contributed by atoms with Crippen LogP contribution in [0, 0.1) is 11.3 Å². The molecule has 2 nitrogen and oxygen atoms in total. The van der Waals surface area contributed by atoms with E-state index in [0.717, 1.165) is 38.2 Å². The van der Waals surface area contributed by atoms with Crippen molar-refractivity contribution in [1.29, 1.82) is 5.26 Å². The van der Waals surface area contributed by atoms with Crippen LogP contribution in [-0.2, 0) is 11.6 Å². The lowest BCUT2D eigenvalue weighted by molar-refractivity contribution is -0.137. The third-order valence-electron chi connectivity index (χ3n) is 4.77. The summed E-state index contributed by atoms with van der Waals surface area (Å²) in [5.41, 5.74) is -0.599. The van der Waals surface area contributed by atoms with Crippen LogP contribution < -0.4 is 0 Å². The van der Waals surface area contributed by atoms with E-state index in [4.69, 9.17) is 0 Å². The maximum Gasteiger partial charge on any atom is 0.416 e. The van der Waals surface area contributed by atoms with Gasteiger partial charge in [0.1, 0.15) is 0 Å². The van der Waals surface area contributed by atoms with Crippen molar-refractivity contribution >= 4 is 0 Å². The molecular formula is C18H23F3N2. The van der Waals surface area contributed by atoms with E-state index in [1.54, 1.807) is 0 Å². The number of unbranched alkanes of at least 4 members (excludes halogenated alkanes) is 2. The van der Waals surface area contributed by atoms with Gasteiger partial charge in [-0.3, -0.25) is 0 Å². The highest BCUT2D eigenvalue weighted by Crippen LogP contribution is 2.37. The summed E-state index contributed by atoms with van der Waals surface area (Å²) in [6.07, 6.45) is 0.583. The first-order valence-electron chi connectivity index (χ1n) is 8.22. The van der Waals surface area contributed by atoms with Gasteiger partial charge in [-0.1, -0.05) is 31.9 Å². The van der Waals surface area contributed by atoms with Crippen LogP contribution in [0.5, 0.6) is 0 Å². The maximum absolute atomic E-state index is 12.7. The molecular weight excluding hydrogens is 301 g/mol. The molecule has 0 radical (unpaired) electrons. The van der Waals surface area contributed by atoms with Crippen molar-refractivity contribution in [2.45, 2.75) is 50.6 Å². The van der Waals surface area contributed by atoms with E-state index in [1.165, 1.54) is 25.0 Å². The lowest BCUT2D eigenvalue weighted by atomic mass is 9.74. The van der Waals surface area contributed by atoms with Crippen LogP contribution in [0.4, 0.5) is 13.2 Å². The Morgan fingerprint density at radius 3 is 2.22 bits per heavy atom. The Bertz CT molecular complexity index is 535. The third-order valence-corrected chi connectivity index (χ3v) is 4.77. The molecule has 0 bridgehead atoms. The molecule has 0 atom stereocenters. The summed E-state index contributed by atoms with van der Waals surface area (Å²) in [5, 5.41) is 9.63. The highest BCUT2D eigenvalue weighted by molar-refractivity contribution is 5.36. The van der Waals surface area contributed by atoms with Crippen molar-refractivity contribution in [2.75, 3.05) is 19.6 Å². The molecule has 1 saturated heterocycles. The Morgan fingerprint density at radius 1 is 1.13 bits per heavy atom. The molecule has 126 valence electrons. The zero-order valence-electron chi connectivity index (χ0n) is 13.5. The second-order valence-corrected chi connectivity index (χ2v) is 6.32. The van der Waals surface area contributed by atoms with Gasteiger partial charge in [-0.2, -0.15) is 18.4 Å². The Kier molecular flexibility index (Phi) is 5.69. The van der Waals surface area contributed by atoms with Crippen molar-refractivity contribution in [3.05, 3.63) is 35.4 Å². The summed E-state index contributed by atoms with van der Waals surface area (Å²) in [6.45, 7) is 4.88. The van der Waals surface area contributed by atoms with E-state index < -0.39 is 17.2 Å². The Balaban J connectivity index is 2.04. The zero-order chi connectivity index (χ0) is 16.9. The lowest BCUT2D eigenvalue weighted by Crippen LogP contribution is -2.42. The zero-order valence-corrected chi connectivity index (χ0v) is 13.5. The first kappa shape index (κ1) is 17.8. The van der Waals surface area contributed by atoms with Gasteiger partial charge in [0, 0.05) is 0 Å². The highest BCUT2D eigenvalue weighted by Gasteiger charge is 2.37. The number of likely N-dealkylation sites (tertiary alicyclic amines) is 1. The Hall–Kier alpha value is -1.54. The molecule has 1 aromatic carbocycles. The van der Waals surface area contributed by atoms with E-state index in [-0.39, 0.29) is 0 Å². The number of benzene rings is 1. The fourth-order valence-electron chi connectivity index (χ4n) is 3.19. The molecule has 0 amide bonds. The first-order chi connectivity index (χ1) is 10.9. The van der Waals surface area contributed by atoms with Crippen LogP contribution in [0.1, 0.15) is 50.2 Å². The molecule has 1 aliphatic heterocycles. The summed E-state index contributed by atoms with van der Waals surface area (Å²) < 4.78 is 38.0. The highest BCUT2D eigenvalue weighted by atomic mass is 19.4. The molecule has 23 heavy (non-hydrogen) atoms. The molecule has 0 saturated carbocycles. The number of alkyl halides is 3. The van der Waals surface area contributed by atoms with Gasteiger partial charge in [0.15, 0.2) is 0 Å².